The van der Waals surface area contributed by atoms with Gasteiger partial charge in [-0.05, 0) is 0 Å². The van der Waals surface area contributed by atoms with E-state index in [-0.39, 0.29) is 43.8 Å². The van der Waals surface area contributed by atoms with Crippen molar-refractivity contribution in [2.24, 2.45) is 0 Å². The molecular weight excluding hydrogens is 199 g/mol. The van der Waals surface area contributed by atoms with Crippen molar-refractivity contribution in [3.63, 3.8) is 0 Å². The number of thiol groups is 2. The van der Waals surface area contributed by atoms with Crippen LogP contribution in [0.2, 0.25) is 0 Å². The van der Waals surface area contributed by atoms with Gasteiger partial charge in [-0.3, -0.25) is 9.59 Å². The first kappa shape index (κ1) is 14.2. The van der Waals surface area contributed by atoms with Gasteiger partial charge in [-0.2, -0.15) is 0 Å². The van der Waals surface area contributed by atoms with E-state index in [1.165, 1.54) is 0 Å². The Kier molecular flexibility index (Phi) is 11.3. The van der Waals surface area contributed by atoms with E-state index in [1.807, 2.05) is 0 Å². The summed E-state index contributed by atoms with van der Waals surface area (Å²) in [6, 6.07) is 0. The van der Waals surface area contributed by atoms with Gasteiger partial charge in [-0.15, -0.1) is 0 Å². The second-order valence-electron chi connectivity index (χ2n) is 1.43. The summed E-state index contributed by atoms with van der Waals surface area (Å²) in [6.07, 6.45) is -0.0776. The van der Waals surface area contributed by atoms with Crippen molar-refractivity contribution >= 4 is 37.8 Å². The van der Waals surface area contributed by atoms with Crippen molar-refractivity contribution in [1.29, 1.82) is 0 Å². The molecule has 11 heavy (non-hydrogen) atoms. The molecule has 0 saturated carbocycles. The molecule has 0 saturated heterocycles. The summed E-state index contributed by atoms with van der Waals surface area (Å²) in [6.45, 7) is 0. The van der Waals surface area contributed by atoms with Crippen molar-refractivity contribution in [1.82, 2.24) is 0 Å². The summed E-state index contributed by atoms with van der Waals surface area (Å²) < 4.78 is 7.94. The molecule has 0 aromatic carbocycles. The maximum absolute atomic E-state index is 10.3. The van der Waals surface area contributed by atoms with E-state index in [1.54, 1.807) is 0 Å². The van der Waals surface area contributed by atoms with Crippen LogP contribution in [0.5, 0.6) is 0 Å². The third-order valence-corrected chi connectivity index (χ3v) is 1.14. The first-order chi connectivity index (χ1) is 4.70. The molecule has 0 radical (unpaired) electrons. The number of hydrogen-bond acceptors (Lipinski definition) is 6. The standard InChI is InChI=1S/C4H6O4S2.Na.H/c5-3(7-9)1-2-4(6)8-10;;/h9-10H,1-2H2;;/q;+1;-1. The van der Waals surface area contributed by atoms with E-state index in [2.05, 4.69) is 34.2 Å². The van der Waals surface area contributed by atoms with Crippen LogP contribution in [0.25, 0.3) is 0 Å². The second-order valence-corrected chi connectivity index (χ2v) is 1.79. The Morgan fingerprint density at radius 2 is 1.36 bits per heavy atom. The molecule has 0 heterocycles. The zero-order valence-electron chi connectivity index (χ0n) is 6.94. The van der Waals surface area contributed by atoms with E-state index >= 15 is 0 Å². The molecule has 0 spiro atoms. The molecule has 0 N–H and O–H groups in total. The third-order valence-electron chi connectivity index (χ3n) is 0.737. The van der Waals surface area contributed by atoms with E-state index in [4.69, 9.17) is 0 Å². The third kappa shape index (κ3) is 8.55. The van der Waals surface area contributed by atoms with Crippen LogP contribution >= 0.6 is 25.8 Å². The summed E-state index contributed by atoms with van der Waals surface area (Å²) in [5, 5.41) is 0. The number of rotatable bonds is 3. The fraction of sp³-hybridized carbons (Fsp3) is 0.500. The molecule has 60 valence electrons. The fourth-order valence-electron chi connectivity index (χ4n) is 0.295. The summed E-state index contributed by atoms with van der Waals surface area (Å²) >= 11 is 6.45. The Hall–Kier alpha value is 0.640. The van der Waals surface area contributed by atoms with Gasteiger partial charge >= 0.3 is 41.5 Å². The van der Waals surface area contributed by atoms with Crippen LogP contribution in [-0.2, 0) is 18.0 Å². The Morgan fingerprint density at radius 3 is 1.55 bits per heavy atom. The van der Waals surface area contributed by atoms with Crippen molar-refractivity contribution in [2.45, 2.75) is 12.8 Å². The van der Waals surface area contributed by atoms with Gasteiger partial charge < -0.3 is 9.79 Å². The van der Waals surface area contributed by atoms with Crippen LogP contribution in [0.1, 0.15) is 14.3 Å². The molecule has 0 aliphatic heterocycles. The summed E-state index contributed by atoms with van der Waals surface area (Å²) in [4.78, 5) is 20.6. The van der Waals surface area contributed by atoms with Gasteiger partial charge in [-0.1, -0.05) is 0 Å². The predicted molar refractivity (Wildman–Crippen MR) is 40.5 cm³/mol. The van der Waals surface area contributed by atoms with Gasteiger partial charge in [0, 0.05) is 25.8 Å². The van der Waals surface area contributed by atoms with Gasteiger partial charge in [0.2, 0.25) is 0 Å². The average molecular weight is 206 g/mol. The molecule has 0 rings (SSSR count). The van der Waals surface area contributed by atoms with E-state index in [9.17, 15) is 9.59 Å². The van der Waals surface area contributed by atoms with E-state index in [0.717, 1.165) is 0 Å². The first-order valence-electron chi connectivity index (χ1n) is 2.39. The van der Waals surface area contributed by atoms with Crippen LogP contribution in [0, 0.1) is 0 Å². The fourth-order valence-corrected chi connectivity index (χ4v) is 0.478. The minimum atomic E-state index is -0.568. The van der Waals surface area contributed by atoms with E-state index < -0.39 is 11.9 Å². The van der Waals surface area contributed by atoms with Gasteiger partial charge in [0.15, 0.2) is 0 Å². The SMILES string of the molecule is O=C(CCC(=O)OS)OS.[H-].[Na+]. The molecule has 0 aliphatic carbocycles. The topological polar surface area (TPSA) is 52.6 Å². The minimum absolute atomic E-state index is 0. The van der Waals surface area contributed by atoms with Gasteiger partial charge in [0.1, 0.15) is 0 Å². The maximum Gasteiger partial charge on any atom is 1.00 e. The Bertz CT molecular complexity index is 129. The first-order valence-corrected chi connectivity index (χ1v) is 3.12. The molecule has 0 aromatic rings. The largest absolute Gasteiger partial charge is 1.00 e. The van der Waals surface area contributed by atoms with Crippen LogP contribution in [0.3, 0.4) is 0 Å². The molecule has 0 bridgehead atoms. The van der Waals surface area contributed by atoms with Crippen molar-refractivity contribution in [3.8, 4) is 0 Å². The molecule has 0 amide bonds. The normalized spacial score (nSPS) is 7.82. The van der Waals surface area contributed by atoms with E-state index in [0.29, 0.717) is 0 Å². The molecular formula is C4H7NaO4S2. The number of carbonyl (C=O) groups is 2. The second kappa shape index (κ2) is 8.73. The Balaban J connectivity index is -0.000000405. The van der Waals surface area contributed by atoms with Gasteiger partial charge in [-0.25, -0.2) is 0 Å². The zero-order valence-corrected chi connectivity index (χ0v) is 9.73. The molecule has 4 nitrogen and oxygen atoms in total. The van der Waals surface area contributed by atoms with Gasteiger partial charge in [0.25, 0.3) is 0 Å². The molecule has 0 atom stereocenters. The smallest absolute Gasteiger partial charge is 1.00 e. The monoisotopic (exact) mass is 206 g/mol. The molecule has 0 fully saturated rings. The average Bonchev–Trinajstić information content (AvgIpc) is 1.99. The number of hydrogen-bond donors (Lipinski definition) is 2. The summed E-state index contributed by atoms with van der Waals surface area (Å²) in [5.41, 5.74) is 0. The van der Waals surface area contributed by atoms with Crippen molar-refractivity contribution in [2.75, 3.05) is 0 Å². The molecule has 7 heteroatoms. The molecule has 0 aromatic heterocycles. The van der Waals surface area contributed by atoms with Crippen molar-refractivity contribution < 1.29 is 48.9 Å². The van der Waals surface area contributed by atoms with Crippen LogP contribution in [-0.4, -0.2) is 11.9 Å². The summed E-state index contributed by atoms with van der Waals surface area (Å²) in [5.74, 6) is -1.14. The Labute approximate surface area is 99.0 Å². The number of carbonyl (C=O) groups excluding carboxylic acids is 2. The van der Waals surface area contributed by atoms with Crippen LogP contribution < -0.4 is 29.6 Å². The molecule has 0 unspecified atom stereocenters. The van der Waals surface area contributed by atoms with Crippen molar-refractivity contribution in [3.05, 3.63) is 0 Å². The molecule has 0 aliphatic rings. The van der Waals surface area contributed by atoms with Gasteiger partial charge in [0.05, 0.1) is 12.8 Å². The minimum Gasteiger partial charge on any atom is -1.00 e. The zero-order chi connectivity index (χ0) is 7.98. The predicted octanol–water partition coefficient (Wildman–Crippen LogP) is -2.34. The van der Waals surface area contributed by atoms with Crippen LogP contribution in [0.15, 0.2) is 0 Å². The summed E-state index contributed by atoms with van der Waals surface area (Å²) in [7, 11) is 0. The van der Waals surface area contributed by atoms with Crippen LogP contribution in [0.4, 0.5) is 0 Å². The Morgan fingerprint density at radius 1 is 1.09 bits per heavy atom. The quantitative estimate of drug-likeness (QED) is 0.309. The maximum atomic E-state index is 10.3.